The third kappa shape index (κ3) is 3.97. The van der Waals surface area contributed by atoms with Crippen molar-refractivity contribution in [2.75, 3.05) is 19.6 Å². The average molecular weight is 495 g/mol. The van der Waals surface area contributed by atoms with E-state index in [0.29, 0.717) is 0 Å². The largest absolute Gasteiger partial charge is 0.326 e. The zero-order valence-electron chi connectivity index (χ0n) is 20.3. The Kier molecular flexibility index (Phi) is 6.20. The van der Waals surface area contributed by atoms with Crippen LogP contribution in [0, 0.1) is 11.3 Å². The van der Waals surface area contributed by atoms with Gasteiger partial charge in [-0.2, -0.15) is 5.26 Å². The maximum absolute atomic E-state index is 12.6. The number of benzene rings is 3. The molecule has 3 heterocycles. The van der Waals surface area contributed by atoms with Crippen molar-refractivity contribution in [3.63, 3.8) is 0 Å². The molecule has 182 valence electrons. The molecule has 1 fully saturated rings. The zero-order valence-corrected chi connectivity index (χ0v) is 21.1. The minimum absolute atomic E-state index is 0.00539. The summed E-state index contributed by atoms with van der Waals surface area (Å²) in [5.74, 6) is 0.900. The van der Waals surface area contributed by atoms with Crippen LogP contribution in [0.25, 0.3) is 11.0 Å². The highest BCUT2D eigenvalue weighted by atomic mass is 32.2. The first-order valence-electron chi connectivity index (χ1n) is 12.8. The minimum Gasteiger partial charge on any atom is -0.306 e. The molecule has 0 bridgehead atoms. The van der Waals surface area contributed by atoms with Crippen molar-refractivity contribution in [3.05, 3.63) is 100.0 Å². The smallest absolute Gasteiger partial charge is 0.306 e. The van der Waals surface area contributed by atoms with Crippen LogP contribution in [0.4, 0.5) is 0 Å². The topological polar surface area (TPSA) is 64.8 Å². The molecule has 0 unspecified atom stereocenters. The van der Waals surface area contributed by atoms with E-state index in [-0.39, 0.29) is 11.7 Å². The molecule has 0 saturated carbocycles. The maximum atomic E-state index is 12.6. The van der Waals surface area contributed by atoms with Gasteiger partial charge in [0.2, 0.25) is 0 Å². The highest BCUT2D eigenvalue weighted by molar-refractivity contribution is 7.98. The van der Waals surface area contributed by atoms with E-state index in [2.05, 4.69) is 64.5 Å². The minimum atomic E-state index is -0.619. The van der Waals surface area contributed by atoms with Gasteiger partial charge in [-0.1, -0.05) is 54.6 Å². The Morgan fingerprint density at radius 2 is 1.69 bits per heavy atom. The van der Waals surface area contributed by atoms with E-state index < -0.39 is 5.41 Å². The monoisotopic (exact) mass is 494 g/mol. The third-order valence-corrected chi connectivity index (χ3v) is 9.09. The number of fused-ring (bicyclic) bond motifs is 3. The van der Waals surface area contributed by atoms with E-state index >= 15 is 0 Å². The summed E-state index contributed by atoms with van der Waals surface area (Å²) in [5, 5.41) is 10.6. The molecule has 3 aromatic carbocycles. The van der Waals surface area contributed by atoms with Gasteiger partial charge in [0.25, 0.3) is 0 Å². The van der Waals surface area contributed by atoms with Gasteiger partial charge in [0.15, 0.2) is 0 Å². The fourth-order valence-electron chi connectivity index (χ4n) is 6.16. The van der Waals surface area contributed by atoms with Crippen LogP contribution in [0.2, 0.25) is 0 Å². The number of nitrogens with zero attached hydrogens (tertiary/aromatic N) is 3. The molecule has 0 radical (unpaired) electrons. The van der Waals surface area contributed by atoms with Crippen molar-refractivity contribution in [3.8, 4) is 6.07 Å². The molecule has 1 saturated heterocycles. The van der Waals surface area contributed by atoms with Gasteiger partial charge in [0, 0.05) is 29.8 Å². The van der Waals surface area contributed by atoms with Gasteiger partial charge in [-0.25, -0.2) is 4.79 Å². The van der Waals surface area contributed by atoms with Crippen molar-refractivity contribution in [1.82, 2.24) is 14.5 Å². The molecule has 6 rings (SSSR count). The van der Waals surface area contributed by atoms with Crippen molar-refractivity contribution < 1.29 is 0 Å². The van der Waals surface area contributed by atoms with Crippen molar-refractivity contribution in [2.45, 2.75) is 47.8 Å². The van der Waals surface area contributed by atoms with Crippen molar-refractivity contribution in [2.24, 2.45) is 0 Å². The molecule has 4 aromatic rings. The van der Waals surface area contributed by atoms with E-state index in [0.717, 1.165) is 67.7 Å². The van der Waals surface area contributed by atoms with Gasteiger partial charge in [0.05, 0.1) is 17.1 Å². The number of thioether (sulfide) groups is 1. The summed E-state index contributed by atoms with van der Waals surface area (Å²) in [6, 6.07) is 27.9. The highest BCUT2D eigenvalue weighted by Crippen LogP contribution is 2.46. The summed E-state index contributed by atoms with van der Waals surface area (Å²) in [6.45, 7) is 2.91. The number of aromatic nitrogens is 2. The number of H-pyrrole nitrogens is 1. The summed E-state index contributed by atoms with van der Waals surface area (Å²) in [5.41, 5.74) is 4.88. The van der Waals surface area contributed by atoms with E-state index in [4.69, 9.17) is 0 Å². The lowest BCUT2D eigenvalue weighted by molar-refractivity contribution is 0.182. The summed E-state index contributed by atoms with van der Waals surface area (Å²) in [7, 11) is 0. The number of likely N-dealkylation sites (tertiary alicyclic amines) is 1. The number of aromatic amines is 1. The second-order valence-corrected chi connectivity index (χ2v) is 11.0. The Balaban J connectivity index is 1.17. The SMILES string of the molecule is N#C[C@@]1(CCCN2CCC(n3c(=O)[nH]c4ccccc43)CC2)c2ccccc2CSc2ccccc21. The molecular weight excluding hydrogens is 464 g/mol. The Hall–Kier alpha value is -3.27. The van der Waals surface area contributed by atoms with E-state index in [1.54, 1.807) is 0 Å². The van der Waals surface area contributed by atoms with Gasteiger partial charge in [0.1, 0.15) is 5.41 Å². The van der Waals surface area contributed by atoms with Crippen LogP contribution in [0.1, 0.15) is 48.4 Å². The van der Waals surface area contributed by atoms with E-state index in [1.807, 2.05) is 40.6 Å². The molecule has 0 amide bonds. The van der Waals surface area contributed by atoms with Crippen molar-refractivity contribution in [1.29, 1.82) is 5.26 Å². The molecule has 0 spiro atoms. The zero-order chi connectivity index (χ0) is 24.5. The summed E-state index contributed by atoms with van der Waals surface area (Å²) >= 11 is 1.84. The fourth-order valence-corrected chi connectivity index (χ4v) is 7.29. The number of rotatable bonds is 5. The lowest BCUT2D eigenvalue weighted by Gasteiger charge is -2.34. The van der Waals surface area contributed by atoms with Gasteiger partial charge in [-0.15, -0.1) is 11.8 Å². The lowest BCUT2D eigenvalue weighted by atomic mass is 9.71. The first-order chi connectivity index (χ1) is 17.7. The van der Waals surface area contributed by atoms with Crippen LogP contribution in [-0.4, -0.2) is 34.1 Å². The van der Waals surface area contributed by atoms with Gasteiger partial charge in [-0.05, 0) is 67.1 Å². The van der Waals surface area contributed by atoms with Crippen LogP contribution < -0.4 is 5.69 Å². The number of piperidine rings is 1. The van der Waals surface area contributed by atoms with E-state index in [1.165, 1.54) is 16.0 Å². The Bertz CT molecular complexity index is 1440. The number of imidazole rings is 1. The van der Waals surface area contributed by atoms with Gasteiger partial charge < -0.3 is 9.88 Å². The van der Waals surface area contributed by atoms with Crippen LogP contribution in [0.5, 0.6) is 0 Å². The summed E-state index contributed by atoms with van der Waals surface area (Å²) in [6.07, 6.45) is 3.69. The number of hydrogen-bond donors (Lipinski definition) is 1. The molecule has 1 aromatic heterocycles. The summed E-state index contributed by atoms with van der Waals surface area (Å²) < 4.78 is 1.95. The Morgan fingerprint density at radius 3 is 2.53 bits per heavy atom. The Labute approximate surface area is 215 Å². The summed E-state index contributed by atoms with van der Waals surface area (Å²) in [4.78, 5) is 19.4. The molecular formula is C30H30N4OS. The quantitative estimate of drug-likeness (QED) is 0.377. The van der Waals surface area contributed by atoms with E-state index in [9.17, 15) is 10.1 Å². The Morgan fingerprint density at radius 1 is 0.972 bits per heavy atom. The fraction of sp³-hybridized carbons (Fsp3) is 0.333. The molecule has 6 heteroatoms. The second kappa shape index (κ2) is 9.65. The van der Waals surface area contributed by atoms with Gasteiger partial charge >= 0.3 is 5.69 Å². The number of hydrogen-bond acceptors (Lipinski definition) is 4. The third-order valence-electron chi connectivity index (χ3n) is 7.97. The van der Waals surface area contributed by atoms with Gasteiger partial charge in [-0.3, -0.25) is 4.57 Å². The highest BCUT2D eigenvalue weighted by Gasteiger charge is 2.39. The van der Waals surface area contributed by atoms with Crippen molar-refractivity contribution >= 4 is 22.8 Å². The lowest BCUT2D eigenvalue weighted by Crippen LogP contribution is -2.38. The number of para-hydroxylation sites is 2. The molecule has 2 aliphatic heterocycles. The molecule has 1 N–H and O–H groups in total. The number of nitrogens with one attached hydrogen (secondary N) is 1. The molecule has 1 atom stereocenters. The first-order valence-corrected chi connectivity index (χ1v) is 13.8. The maximum Gasteiger partial charge on any atom is 0.326 e. The van der Waals surface area contributed by atoms with Crippen LogP contribution in [-0.2, 0) is 11.2 Å². The number of nitriles is 1. The normalized spacial score (nSPS) is 20.4. The standard InChI is InChI=1S/C30H30N4OS/c31-21-30(24-9-2-1-8-22(24)20-36-28-13-6-3-10-25(28)30)16-7-17-33-18-14-23(15-19-33)34-27-12-5-4-11-26(27)32-29(34)35/h1-6,8-13,23H,7,14-20H2,(H,32,35)/t30-/m0/s1. The predicted octanol–water partition coefficient (Wildman–Crippen LogP) is 5.86. The first kappa shape index (κ1) is 23.1. The van der Waals surface area contributed by atoms with Crippen LogP contribution in [0.3, 0.4) is 0 Å². The molecule has 0 aliphatic carbocycles. The molecule has 36 heavy (non-hydrogen) atoms. The van der Waals surface area contributed by atoms with Crippen LogP contribution in [0.15, 0.2) is 82.5 Å². The second-order valence-electron chi connectivity index (χ2n) is 9.95. The molecule has 5 nitrogen and oxygen atoms in total. The predicted molar refractivity (Wildman–Crippen MR) is 145 cm³/mol. The average Bonchev–Trinajstić information content (AvgIpc) is 3.19. The van der Waals surface area contributed by atoms with Crippen LogP contribution >= 0.6 is 11.8 Å². The molecule has 2 aliphatic rings.